The number of nitrogens with one attached hydrogen (secondary N) is 1. The van der Waals surface area contributed by atoms with Crippen molar-refractivity contribution in [1.82, 2.24) is 15.1 Å². The van der Waals surface area contributed by atoms with Crippen LogP contribution in [0.1, 0.15) is 5.69 Å². The van der Waals surface area contributed by atoms with Crippen LogP contribution in [0, 0.1) is 0 Å². The summed E-state index contributed by atoms with van der Waals surface area (Å²) in [5, 5.41) is 11.8. The van der Waals surface area contributed by atoms with Gasteiger partial charge in [-0.05, 0) is 6.07 Å². The molecule has 0 bridgehead atoms. The summed E-state index contributed by atoms with van der Waals surface area (Å²) in [4.78, 5) is 0. The van der Waals surface area contributed by atoms with Gasteiger partial charge < -0.3 is 5.32 Å². The van der Waals surface area contributed by atoms with Crippen LogP contribution in [0.25, 0.3) is 0 Å². The molecule has 0 radical (unpaired) electrons. The van der Waals surface area contributed by atoms with Crippen molar-refractivity contribution < 1.29 is 8.42 Å². The molecule has 1 aromatic heterocycles. The number of hydrogen-bond donors (Lipinski definition) is 2. The predicted molar refractivity (Wildman–Crippen MR) is 52.9 cm³/mol. The third kappa shape index (κ3) is 3.86. The fraction of sp³-hybridized carbons (Fsp3) is 0.571. The zero-order valence-corrected chi connectivity index (χ0v) is 8.79. The molecule has 6 nitrogen and oxygen atoms in total. The first-order chi connectivity index (χ1) is 6.49. The highest BCUT2D eigenvalue weighted by molar-refractivity contribution is 7.89. The Hall–Kier alpha value is -0.920. The van der Waals surface area contributed by atoms with Crippen molar-refractivity contribution in [2.45, 2.75) is 6.54 Å². The molecule has 7 heteroatoms. The Bertz CT molecular complexity index is 384. The number of rotatable bonds is 5. The summed E-state index contributed by atoms with van der Waals surface area (Å²) < 4.78 is 22.9. The van der Waals surface area contributed by atoms with Gasteiger partial charge in [-0.1, -0.05) is 0 Å². The topological polar surface area (TPSA) is 90.0 Å². The number of primary sulfonamides is 1. The molecule has 3 N–H and O–H groups in total. The Kier molecular flexibility index (Phi) is 3.62. The molecule has 0 aliphatic rings. The van der Waals surface area contributed by atoms with Gasteiger partial charge in [-0.25, -0.2) is 13.6 Å². The summed E-state index contributed by atoms with van der Waals surface area (Å²) in [7, 11) is -1.53. The first-order valence-electron chi connectivity index (χ1n) is 4.17. The summed E-state index contributed by atoms with van der Waals surface area (Å²) in [6.07, 6.45) is 1.69. The van der Waals surface area contributed by atoms with E-state index in [0.717, 1.165) is 5.69 Å². The summed E-state index contributed by atoms with van der Waals surface area (Å²) in [5.41, 5.74) is 0.999. The molecule has 1 rings (SSSR count). The lowest BCUT2D eigenvalue weighted by molar-refractivity contribution is 0.589. The van der Waals surface area contributed by atoms with E-state index in [1.54, 1.807) is 10.9 Å². The molecule has 0 unspecified atom stereocenters. The quantitative estimate of drug-likeness (QED) is 0.607. The maximum absolute atomic E-state index is 10.6. The monoisotopic (exact) mass is 218 g/mol. The van der Waals surface area contributed by atoms with E-state index in [0.29, 0.717) is 13.1 Å². The lowest BCUT2D eigenvalue weighted by Gasteiger charge is -2.03. The highest BCUT2D eigenvalue weighted by Crippen LogP contribution is 1.94. The Labute approximate surface area is 83.1 Å². The zero-order chi connectivity index (χ0) is 10.6. The Morgan fingerprint density at radius 2 is 2.36 bits per heavy atom. The summed E-state index contributed by atoms with van der Waals surface area (Å²) >= 11 is 0. The standard InChI is InChI=1S/C7H14N4O2S/c1-11-7(2-3-10-11)6-9-4-5-14(8,12)13/h2-3,9H,4-6H2,1H3,(H2,8,12,13). The third-order valence-electron chi connectivity index (χ3n) is 1.79. The molecule has 0 fully saturated rings. The van der Waals surface area contributed by atoms with Gasteiger partial charge >= 0.3 is 0 Å². The van der Waals surface area contributed by atoms with Gasteiger partial charge in [-0.3, -0.25) is 4.68 Å². The van der Waals surface area contributed by atoms with Gasteiger partial charge in [-0.2, -0.15) is 5.10 Å². The number of aromatic nitrogens is 2. The molecule has 0 saturated carbocycles. The predicted octanol–water partition coefficient (Wildman–Crippen LogP) is -1.20. The summed E-state index contributed by atoms with van der Waals surface area (Å²) in [5.74, 6) is -0.0507. The molecule has 1 heterocycles. The summed E-state index contributed by atoms with van der Waals surface area (Å²) in [6.45, 7) is 0.941. The Balaban J connectivity index is 2.26. The smallest absolute Gasteiger partial charge is 0.210 e. The van der Waals surface area contributed by atoms with E-state index < -0.39 is 10.0 Å². The highest BCUT2D eigenvalue weighted by atomic mass is 32.2. The number of nitrogens with zero attached hydrogens (tertiary/aromatic N) is 2. The largest absolute Gasteiger partial charge is 0.310 e. The molecule has 0 aromatic carbocycles. The van der Waals surface area contributed by atoms with E-state index in [2.05, 4.69) is 10.4 Å². The number of sulfonamides is 1. The van der Waals surface area contributed by atoms with Crippen LogP contribution in [0.3, 0.4) is 0 Å². The molecule has 0 spiro atoms. The van der Waals surface area contributed by atoms with E-state index in [9.17, 15) is 8.42 Å². The van der Waals surface area contributed by atoms with Gasteiger partial charge in [0.05, 0.1) is 11.4 Å². The molecule has 14 heavy (non-hydrogen) atoms. The maximum atomic E-state index is 10.6. The normalized spacial score (nSPS) is 11.9. The van der Waals surface area contributed by atoms with Crippen molar-refractivity contribution in [1.29, 1.82) is 0 Å². The van der Waals surface area contributed by atoms with E-state index in [1.165, 1.54) is 0 Å². The van der Waals surface area contributed by atoms with Gasteiger partial charge in [0, 0.05) is 26.3 Å². The van der Waals surface area contributed by atoms with Crippen LogP contribution in [0.4, 0.5) is 0 Å². The van der Waals surface area contributed by atoms with Gasteiger partial charge in [0.15, 0.2) is 0 Å². The van der Waals surface area contributed by atoms with Crippen molar-refractivity contribution in [3.63, 3.8) is 0 Å². The third-order valence-corrected chi connectivity index (χ3v) is 2.57. The van der Waals surface area contributed by atoms with Crippen LogP contribution in [-0.4, -0.2) is 30.5 Å². The minimum absolute atomic E-state index is 0.0507. The fourth-order valence-corrected chi connectivity index (χ4v) is 1.43. The first-order valence-corrected chi connectivity index (χ1v) is 5.88. The average Bonchev–Trinajstić information content (AvgIpc) is 2.44. The van der Waals surface area contributed by atoms with Crippen molar-refractivity contribution in [3.8, 4) is 0 Å². The summed E-state index contributed by atoms with van der Waals surface area (Å²) in [6, 6.07) is 1.87. The van der Waals surface area contributed by atoms with Crippen LogP contribution < -0.4 is 10.5 Å². The molecular weight excluding hydrogens is 204 g/mol. The van der Waals surface area contributed by atoms with Crippen molar-refractivity contribution in [3.05, 3.63) is 18.0 Å². The second-order valence-corrected chi connectivity index (χ2v) is 4.72. The van der Waals surface area contributed by atoms with Crippen LogP contribution >= 0.6 is 0 Å². The number of aryl methyl sites for hydroxylation is 1. The van der Waals surface area contributed by atoms with Crippen LogP contribution in [0.15, 0.2) is 12.3 Å². The van der Waals surface area contributed by atoms with Gasteiger partial charge in [-0.15, -0.1) is 0 Å². The van der Waals surface area contributed by atoms with Gasteiger partial charge in [0.25, 0.3) is 0 Å². The van der Waals surface area contributed by atoms with Crippen LogP contribution in [0.5, 0.6) is 0 Å². The number of hydrogen-bond acceptors (Lipinski definition) is 4. The van der Waals surface area contributed by atoms with E-state index in [-0.39, 0.29) is 5.75 Å². The molecule has 0 amide bonds. The van der Waals surface area contributed by atoms with Crippen LogP contribution in [-0.2, 0) is 23.6 Å². The minimum atomic E-state index is -3.36. The minimum Gasteiger partial charge on any atom is -0.310 e. The van der Waals surface area contributed by atoms with Crippen molar-refractivity contribution in [2.24, 2.45) is 12.2 Å². The van der Waals surface area contributed by atoms with Crippen LogP contribution in [0.2, 0.25) is 0 Å². The highest BCUT2D eigenvalue weighted by Gasteiger charge is 2.02. The molecule has 0 saturated heterocycles. The second kappa shape index (κ2) is 4.54. The second-order valence-electron chi connectivity index (χ2n) is 2.99. The average molecular weight is 218 g/mol. The molecular formula is C7H14N4O2S. The van der Waals surface area contributed by atoms with Crippen molar-refractivity contribution in [2.75, 3.05) is 12.3 Å². The Morgan fingerprint density at radius 3 is 2.86 bits per heavy atom. The number of nitrogens with two attached hydrogens (primary N) is 1. The van der Waals surface area contributed by atoms with E-state index >= 15 is 0 Å². The maximum Gasteiger partial charge on any atom is 0.210 e. The van der Waals surface area contributed by atoms with Gasteiger partial charge in [0.2, 0.25) is 10.0 Å². The lowest BCUT2D eigenvalue weighted by Crippen LogP contribution is -2.27. The Morgan fingerprint density at radius 1 is 1.64 bits per heavy atom. The molecule has 80 valence electrons. The molecule has 1 aromatic rings. The lowest BCUT2D eigenvalue weighted by atomic mass is 10.4. The SMILES string of the molecule is Cn1nccc1CNCCS(N)(=O)=O. The van der Waals surface area contributed by atoms with Crippen molar-refractivity contribution >= 4 is 10.0 Å². The zero-order valence-electron chi connectivity index (χ0n) is 7.97. The van der Waals surface area contributed by atoms with E-state index in [1.807, 2.05) is 13.1 Å². The first kappa shape index (κ1) is 11.2. The molecule has 0 aliphatic heterocycles. The van der Waals surface area contributed by atoms with E-state index in [4.69, 9.17) is 5.14 Å². The fourth-order valence-electron chi connectivity index (χ4n) is 1.01. The van der Waals surface area contributed by atoms with Gasteiger partial charge in [0.1, 0.15) is 0 Å². The molecule has 0 aliphatic carbocycles. The molecule has 0 atom stereocenters.